The van der Waals surface area contributed by atoms with Crippen molar-refractivity contribution in [3.8, 4) is 0 Å². The highest BCUT2D eigenvalue weighted by atomic mass is 35.5. The zero-order valence-electron chi connectivity index (χ0n) is 11.0. The maximum Gasteiger partial charge on any atom is 0.0771 e. The molecule has 0 spiro atoms. The van der Waals surface area contributed by atoms with E-state index in [9.17, 15) is 5.11 Å². The normalized spacial score (nSPS) is 20.6. The van der Waals surface area contributed by atoms with Crippen LogP contribution in [-0.2, 0) is 0 Å². The molecule has 0 amide bonds. The van der Waals surface area contributed by atoms with E-state index in [1.165, 1.54) is 12.0 Å². The quantitative estimate of drug-likeness (QED) is 0.872. The van der Waals surface area contributed by atoms with E-state index in [1.54, 1.807) is 0 Å². The van der Waals surface area contributed by atoms with E-state index in [1.807, 2.05) is 24.3 Å². The van der Waals surface area contributed by atoms with Crippen LogP contribution in [0.3, 0.4) is 0 Å². The van der Waals surface area contributed by atoms with Gasteiger partial charge in [0.2, 0.25) is 0 Å². The zero-order chi connectivity index (χ0) is 13.0. The third kappa shape index (κ3) is 3.71. The summed E-state index contributed by atoms with van der Waals surface area (Å²) in [7, 11) is 0. The fourth-order valence-corrected chi connectivity index (χ4v) is 2.73. The van der Waals surface area contributed by atoms with E-state index >= 15 is 0 Å². The van der Waals surface area contributed by atoms with Crippen molar-refractivity contribution in [2.45, 2.75) is 50.7 Å². The number of hydrogen-bond acceptors (Lipinski definition) is 2. The number of nitrogens with one attached hydrogen (secondary N) is 1. The van der Waals surface area contributed by atoms with Gasteiger partial charge in [0, 0.05) is 17.6 Å². The largest absolute Gasteiger partial charge is 0.389 e. The highest BCUT2D eigenvalue weighted by Gasteiger charge is 2.29. The molecular weight excluding hydrogens is 246 g/mol. The highest BCUT2D eigenvalue weighted by Crippen LogP contribution is 2.28. The third-order valence-corrected chi connectivity index (χ3v) is 4.14. The Morgan fingerprint density at radius 2 is 1.83 bits per heavy atom. The Morgan fingerprint density at radius 1 is 1.22 bits per heavy atom. The SMILES string of the molecule is C[C@H](NCC1(O)CCCCC1)c1ccc(Cl)cc1. The summed E-state index contributed by atoms with van der Waals surface area (Å²) in [5, 5.41) is 14.6. The minimum absolute atomic E-state index is 0.244. The van der Waals surface area contributed by atoms with Gasteiger partial charge in [-0.15, -0.1) is 0 Å². The molecule has 0 aliphatic heterocycles. The van der Waals surface area contributed by atoms with Crippen molar-refractivity contribution in [1.82, 2.24) is 5.32 Å². The van der Waals surface area contributed by atoms with Crippen LogP contribution in [0.1, 0.15) is 50.6 Å². The number of halogens is 1. The van der Waals surface area contributed by atoms with Crippen LogP contribution >= 0.6 is 11.6 Å². The summed E-state index contributed by atoms with van der Waals surface area (Å²) in [5.74, 6) is 0. The van der Waals surface area contributed by atoms with E-state index in [-0.39, 0.29) is 6.04 Å². The molecule has 1 atom stereocenters. The van der Waals surface area contributed by atoms with Gasteiger partial charge in [-0.25, -0.2) is 0 Å². The lowest BCUT2D eigenvalue weighted by Gasteiger charge is -2.33. The van der Waals surface area contributed by atoms with Crippen molar-refractivity contribution < 1.29 is 5.11 Å². The minimum Gasteiger partial charge on any atom is -0.389 e. The van der Waals surface area contributed by atoms with Crippen molar-refractivity contribution in [3.63, 3.8) is 0 Å². The van der Waals surface area contributed by atoms with Gasteiger partial charge in [-0.2, -0.15) is 0 Å². The second-order valence-corrected chi connectivity index (χ2v) is 5.88. The molecule has 0 bridgehead atoms. The fourth-order valence-electron chi connectivity index (χ4n) is 2.60. The van der Waals surface area contributed by atoms with Crippen LogP contribution in [0.4, 0.5) is 0 Å². The van der Waals surface area contributed by atoms with E-state index in [2.05, 4.69) is 12.2 Å². The molecule has 1 aromatic carbocycles. The molecular formula is C15H22ClNO. The first kappa shape index (κ1) is 13.9. The molecule has 18 heavy (non-hydrogen) atoms. The van der Waals surface area contributed by atoms with Gasteiger partial charge in [-0.05, 0) is 37.5 Å². The van der Waals surface area contributed by atoms with Crippen LogP contribution in [0.5, 0.6) is 0 Å². The summed E-state index contributed by atoms with van der Waals surface area (Å²) >= 11 is 5.88. The molecule has 2 nitrogen and oxygen atoms in total. The van der Waals surface area contributed by atoms with Gasteiger partial charge >= 0.3 is 0 Å². The summed E-state index contributed by atoms with van der Waals surface area (Å²) in [5.41, 5.74) is 0.706. The second kappa shape index (κ2) is 6.05. The number of benzene rings is 1. The second-order valence-electron chi connectivity index (χ2n) is 5.44. The van der Waals surface area contributed by atoms with Gasteiger partial charge in [-0.1, -0.05) is 43.0 Å². The fraction of sp³-hybridized carbons (Fsp3) is 0.600. The van der Waals surface area contributed by atoms with Crippen molar-refractivity contribution in [2.24, 2.45) is 0 Å². The van der Waals surface area contributed by atoms with E-state index in [4.69, 9.17) is 11.6 Å². The van der Waals surface area contributed by atoms with Gasteiger partial charge in [0.1, 0.15) is 0 Å². The van der Waals surface area contributed by atoms with Crippen LogP contribution in [0.2, 0.25) is 5.02 Å². The van der Waals surface area contributed by atoms with E-state index in [0.717, 1.165) is 30.7 Å². The van der Waals surface area contributed by atoms with Crippen LogP contribution in [0.15, 0.2) is 24.3 Å². The molecule has 1 aliphatic rings. The molecule has 0 saturated heterocycles. The number of hydrogen-bond donors (Lipinski definition) is 2. The Labute approximate surface area is 114 Å². The lowest BCUT2D eigenvalue weighted by Crippen LogP contribution is -2.42. The highest BCUT2D eigenvalue weighted by molar-refractivity contribution is 6.30. The smallest absolute Gasteiger partial charge is 0.0771 e. The molecule has 0 heterocycles. The van der Waals surface area contributed by atoms with Crippen LogP contribution in [0, 0.1) is 0 Å². The first-order chi connectivity index (χ1) is 8.59. The summed E-state index contributed by atoms with van der Waals surface area (Å²) in [6, 6.07) is 8.12. The molecule has 0 unspecified atom stereocenters. The van der Waals surface area contributed by atoms with Crippen molar-refractivity contribution in [1.29, 1.82) is 0 Å². The van der Waals surface area contributed by atoms with Gasteiger partial charge in [0.15, 0.2) is 0 Å². The lowest BCUT2D eigenvalue weighted by molar-refractivity contribution is 0.00300. The molecule has 1 fully saturated rings. The number of aliphatic hydroxyl groups is 1. The summed E-state index contributed by atoms with van der Waals surface area (Å²) in [4.78, 5) is 0. The Hall–Kier alpha value is -0.570. The first-order valence-electron chi connectivity index (χ1n) is 6.80. The van der Waals surface area contributed by atoms with Crippen LogP contribution in [0.25, 0.3) is 0 Å². The molecule has 100 valence electrons. The maximum atomic E-state index is 10.4. The molecule has 2 N–H and O–H groups in total. The lowest BCUT2D eigenvalue weighted by atomic mass is 9.84. The molecule has 1 saturated carbocycles. The Morgan fingerprint density at radius 3 is 2.44 bits per heavy atom. The van der Waals surface area contributed by atoms with Crippen molar-refractivity contribution >= 4 is 11.6 Å². The average Bonchev–Trinajstić information content (AvgIpc) is 2.38. The van der Waals surface area contributed by atoms with Gasteiger partial charge in [0.05, 0.1) is 5.60 Å². The van der Waals surface area contributed by atoms with Crippen LogP contribution < -0.4 is 5.32 Å². The van der Waals surface area contributed by atoms with Gasteiger partial charge in [-0.3, -0.25) is 0 Å². The summed E-state index contributed by atoms with van der Waals surface area (Å²) < 4.78 is 0. The average molecular weight is 268 g/mol. The molecule has 0 radical (unpaired) electrons. The predicted octanol–water partition coefficient (Wildman–Crippen LogP) is 3.69. The topological polar surface area (TPSA) is 32.3 Å². The third-order valence-electron chi connectivity index (χ3n) is 3.89. The summed E-state index contributed by atoms with van der Waals surface area (Å²) in [6.07, 6.45) is 5.40. The number of rotatable bonds is 4. The van der Waals surface area contributed by atoms with Gasteiger partial charge < -0.3 is 10.4 Å². The zero-order valence-corrected chi connectivity index (χ0v) is 11.7. The molecule has 1 aliphatic carbocycles. The molecule has 2 rings (SSSR count). The predicted molar refractivity (Wildman–Crippen MR) is 75.9 cm³/mol. The molecule has 1 aromatic rings. The van der Waals surface area contributed by atoms with Gasteiger partial charge in [0.25, 0.3) is 0 Å². The summed E-state index contributed by atoms with van der Waals surface area (Å²) in [6.45, 7) is 2.80. The Balaban J connectivity index is 1.87. The van der Waals surface area contributed by atoms with E-state index in [0.29, 0.717) is 6.54 Å². The molecule has 0 aromatic heterocycles. The van der Waals surface area contributed by atoms with Crippen molar-refractivity contribution in [3.05, 3.63) is 34.9 Å². The Bertz CT molecular complexity index is 371. The van der Waals surface area contributed by atoms with Crippen molar-refractivity contribution in [2.75, 3.05) is 6.54 Å². The molecule has 3 heteroatoms. The first-order valence-corrected chi connectivity index (χ1v) is 7.18. The monoisotopic (exact) mass is 267 g/mol. The minimum atomic E-state index is -0.501. The standard InChI is InChI=1S/C15H22ClNO/c1-12(13-5-7-14(16)8-6-13)17-11-15(18)9-3-2-4-10-15/h5-8,12,17-18H,2-4,9-11H2,1H3/t12-/m0/s1. The maximum absolute atomic E-state index is 10.4. The van der Waals surface area contributed by atoms with Crippen LogP contribution in [-0.4, -0.2) is 17.3 Å². The Kier molecular flexibility index (Phi) is 4.66. The van der Waals surface area contributed by atoms with E-state index < -0.39 is 5.60 Å².